The third kappa shape index (κ3) is 5.47. The summed E-state index contributed by atoms with van der Waals surface area (Å²) < 4.78 is 47.9. The molecular weight excluding hydrogens is 628 g/mol. The molecule has 4 heterocycles. The molecule has 6 fully saturated rings. The lowest BCUT2D eigenvalue weighted by molar-refractivity contribution is -0.198. The van der Waals surface area contributed by atoms with E-state index in [0.29, 0.717) is 32.7 Å². The molecule has 0 amide bonds. The van der Waals surface area contributed by atoms with Gasteiger partial charge in [-0.2, -0.15) is 0 Å². The molecule has 11 heteroatoms. The van der Waals surface area contributed by atoms with Gasteiger partial charge in [0.05, 0.1) is 34.5 Å². The van der Waals surface area contributed by atoms with E-state index in [2.05, 4.69) is 47.2 Å². The van der Waals surface area contributed by atoms with E-state index in [1.165, 1.54) is 11.1 Å². The van der Waals surface area contributed by atoms with Crippen molar-refractivity contribution in [2.75, 3.05) is 74.4 Å². The summed E-state index contributed by atoms with van der Waals surface area (Å²) in [7, 11) is 7.25. The minimum Gasteiger partial charge on any atom is -0.493 e. The second-order valence-corrected chi connectivity index (χ2v) is 14.8. The average Bonchev–Trinajstić information content (AvgIpc) is 3.91. The maximum Gasteiger partial charge on any atom is 0.334 e. The van der Waals surface area contributed by atoms with Crippen LogP contribution in [0.5, 0.6) is 23.0 Å². The highest BCUT2D eigenvalue weighted by atomic mass is 16.8. The van der Waals surface area contributed by atoms with E-state index in [-0.39, 0.29) is 35.5 Å². The zero-order valence-corrected chi connectivity index (χ0v) is 29.3. The van der Waals surface area contributed by atoms with Gasteiger partial charge in [0, 0.05) is 55.1 Å². The molecule has 6 aliphatic rings. The summed E-state index contributed by atoms with van der Waals surface area (Å²) >= 11 is 0. The van der Waals surface area contributed by atoms with Gasteiger partial charge in [-0.1, -0.05) is 12.1 Å². The molecule has 2 spiro atoms. The first kappa shape index (κ1) is 33.1. The molecule has 49 heavy (non-hydrogen) atoms. The smallest absolute Gasteiger partial charge is 0.334 e. The molecule has 0 N–H and O–H groups in total. The van der Waals surface area contributed by atoms with Crippen LogP contribution in [-0.4, -0.2) is 114 Å². The molecule has 1 unspecified atom stereocenters. The van der Waals surface area contributed by atoms with E-state index in [9.17, 15) is 4.79 Å². The average molecular weight is 679 g/mol. The molecule has 0 bridgehead atoms. The van der Waals surface area contributed by atoms with Gasteiger partial charge >= 0.3 is 5.97 Å². The molecule has 266 valence electrons. The molecular formula is C38H50N2O9. The number of rotatable bonds is 9. The number of ether oxygens (including phenoxy) is 8. The topological polar surface area (TPSA) is 97.4 Å². The Morgan fingerprint density at radius 1 is 0.714 bits per heavy atom. The second-order valence-electron chi connectivity index (χ2n) is 14.8. The van der Waals surface area contributed by atoms with Crippen molar-refractivity contribution >= 4 is 5.97 Å². The number of nitrogens with zero attached hydrogens (tertiary/aromatic N) is 2. The monoisotopic (exact) mass is 678 g/mol. The van der Waals surface area contributed by atoms with E-state index >= 15 is 0 Å². The van der Waals surface area contributed by atoms with Crippen LogP contribution in [0, 0.1) is 0 Å². The van der Waals surface area contributed by atoms with Crippen molar-refractivity contribution in [2.24, 2.45) is 0 Å². The standard InChI is InChI=1S/C38H50N2O9/c1-39-15-13-35(10-12-38(23-32(35)39)48-25-34(41)49-38)26-6-8-29(31(22-26)44-4)45-18-17-40-16-14-36(27-5-7-28(42-2)30(21-27)43-3)9-11-37(24-33(36)40)46-19-20-47-37/h5-8,21-22,32-33H,9-20,23-25H2,1-4H3/t32-,33-,35-,36-,38?/m0/s1. The van der Waals surface area contributed by atoms with Gasteiger partial charge in [0.2, 0.25) is 5.79 Å². The fraction of sp³-hybridized carbons (Fsp3) is 0.658. The Hall–Kier alpha value is -3.09. The van der Waals surface area contributed by atoms with E-state index in [1.54, 1.807) is 21.3 Å². The first-order valence-electron chi connectivity index (χ1n) is 17.9. The third-order valence-corrected chi connectivity index (χ3v) is 12.8. The fourth-order valence-electron chi connectivity index (χ4n) is 10.2. The summed E-state index contributed by atoms with van der Waals surface area (Å²) in [6.45, 7) is 4.59. The Morgan fingerprint density at radius 3 is 2.00 bits per heavy atom. The number of esters is 1. The van der Waals surface area contributed by atoms with Gasteiger partial charge < -0.3 is 42.8 Å². The number of likely N-dealkylation sites (tertiary alicyclic amines) is 2. The molecule has 0 aromatic heterocycles. The van der Waals surface area contributed by atoms with Crippen LogP contribution in [0.1, 0.15) is 62.5 Å². The lowest BCUT2D eigenvalue weighted by Crippen LogP contribution is -2.54. The van der Waals surface area contributed by atoms with E-state index < -0.39 is 11.6 Å². The largest absolute Gasteiger partial charge is 0.493 e. The maximum atomic E-state index is 12.0. The third-order valence-electron chi connectivity index (χ3n) is 12.8. The molecule has 4 aliphatic heterocycles. The van der Waals surface area contributed by atoms with Crippen molar-refractivity contribution in [3.8, 4) is 23.0 Å². The van der Waals surface area contributed by atoms with Crippen LogP contribution in [0.4, 0.5) is 0 Å². The highest BCUT2D eigenvalue weighted by molar-refractivity contribution is 5.72. The zero-order valence-electron chi connectivity index (χ0n) is 29.3. The van der Waals surface area contributed by atoms with Crippen LogP contribution in [0.3, 0.4) is 0 Å². The zero-order chi connectivity index (χ0) is 33.9. The molecule has 0 radical (unpaired) electrons. The highest BCUT2D eigenvalue weighted by Crippen LogP contribution is 2.56. The molecule has 2 aliphatic carbocycles. The van der Waals surface area contributed by atoms with Gasteiger partial charge in [-0.3, -0.25) is 4.90 Å². The van der Waals surface area contributed by atoms with Gasteiger partial charge in [0.1, 0.15) is 13.2 Å². The van der Waals surface area contributed by atoms with E-state index in [4.69, 9.17) is 37.9 Å². The lowest BCUT2D eigenvalue weighted by Gasteiger charge is -2.48. The Labute approximate surface area is 289 Å². The molecule has 2 aromatic carbocycles. The maximum absolute atomic E-state index is 12.0. The van der Waals surface area contributed by atoms with Crippen molar-refractivity contribution in [3.63, 3.8) is 0 Å². The van der Waals surface area contributed by atoms with Crippen LogP contribution in [0.25, 0.3) is 0 Å². The number of methoxy groups -OCH3 is 3. The second kappa shape index (κ2) is 12.6. The first-order valence-corrected chi connectivity index (χ1v) is 17.9. The number of carbonyl (C=O) groups excluding carboxylic acids is 1. The summed E-state index contributed by atoms with van der Waals surface area (Å²) in [5.41, 5.74) is 2.43. The van der Waals surface area contributed by atoms with Gasteiger partial charge in [0.15, 0.2) is 28.8 Å². The number of likely N-dealkylation sites (N-methyl/N-ethyl adjacent to an activating group) is 1. The first-order chi connectivity index (χ1) is 23.8. The normalized spacial score (nSPS) is 33.8. The molecule has 2 aromatic rings. The van der Waals surface area contributed by atoms with Crippen molar-refractivity contribution in [1.29, 1.82) is 0 Å². The van der Waals surface area contributed by atoms with E-state index in [0.717, 1.165) is 81.2 Å². The molecule has 11 nitrogen and oxygen atoms in total. The van der Waals surface area contributed by atoms with Crippen molar-refractivity contribution < 1.29 is 42.7 Å². The van der Waals surface area contributed by atoms with Crippen LogP contribution in [0.15, 0.2) is 36.4 Å². The molecule has 4 saturated heterocycles. The van der Waals surface area contributed by atoms with Crippen LogP contribution < -0.4 is 18.9 Å². The molecule has 5 atom stereocenters. The minimum atomic E-state index is -0.794. The Balaban J connectivity index is 0.990. The van der Waals surface area contributed by atoms with Crippen LogP contribution in [0.2, 0.25) is 0 Å². The van der Waals surface area contributed by atoms with Crippen molar-refractivity contribution in [1.82, 2.24) is 9.80 Å². The fourth-order valence-corrected chi connectivity index (χ4v) is 10.2. The number of hydrogen-bond acceptors (Lipinski definition) is 11. The highest BCUT2D eigenvalue weighted by Gasteiger charge is 2.59. The number of benzene rings is 2. The number of hydrogen-bond donors (Lipinski definition) is 0. The molecule has 2 saturated carbocycles. The van der Waals surface area contributed by atoms with Gasteiger partial charge in [0.25, 0.3) is 0 Å². The van der Waals surface area contributed by atoms with E-state index in [1.807, 2.05) is 6.07 Å². The van der Waals surface area contributed by atoms with Crippen molar-refractivity contribution in [2.45, 2.75) is 85.9 Å². The van der Waals surface area contributed by atoms with Crippen molar-refractivity contribution in [3.05, 3.63) is 47.5 Å². The summed E-state index contributed by atoms with van der Waals surface area (Å²) in [6, 6.07) is 13.3. The van der Waals surface area contributed by atoms with Crippen LogP contribution in [-0.2, 0) is 34.6 Å². The summed E-state index contributed by atoms with van der Waals surface area (Å²) in [6.07, 6.45) is 7.02. The van der Waals surface area contributed by atoms with Gasteiger partial charge in [-0.25, -0.2) is 4.79 Å². The predicted molar refractivity (Wildman–Crippen MR) is 180 cm³/mol. The van der Waals surface area contributed by atoms with Gasteiger partial charge in [-0.15, -0.1) is 0 Å². The van der Waals surface area contributed by atoms with Gasteiger partial charge in [-0.05, 0) is 81.2 Å². The number of fused-ring (bicyclic) bond motifs is 2. The Morgan fingerprint density at radius 2 is 1.33 bits per heavy atom. The predicted octanol–water partition coefficient (Wildman–Crippen LogP) is 4.43. The lowest BCUT2D eigenvalue weighted by atomic mass is 9.64. The SMILES string of the molecule is COc1ccc([C@]23CCN(CCOc4ccc([C@]56CCN(C)[C@H]5CC5(CC6)OCC(=O)O5)cc4OC)[C@H]2CC2(CC3)OCCO2)cc1OC. The Kier molecular flexibility index (Phi) is 8.50. The summed E-state index contributed by atoms with van der Waals surface area (Å²) in [5.74, 6) is 1.43. The summed E-state index contributed by atoms with van der Waals surface area (Å²) in [5, 5.41) is 0. The Bertz CT molecular complexity index is 1560. The minimum absolute atomic E-state index is 0.0375. The summed E-state index contributed by atoms with van der Waals surface area (Å²) in [4.78, 5) is 16.9. The quantitative estimate of drug-likeness (QED) is 0.353. The van der Waals surface area contributed by atoms with Crippen LogP contribution >= 0.6 is 0 Å². The molecule has 8 rings (SSSR count). The number of carbonyl (C=O) groups is 1.